The van der Waals surface area contributed by atoms with Gasteiger partial charge in [-0.25, -0.2) is 12.7 Å². The predicted molar refractivity (Wildman–Crippen MR) is 96.5 cm³/mol. The van der Waals surface area contributed by atoms with Gasteiger partial charge in [-0.1, -0.05) is 12.1 Å². The number of hydrogen-bond acceptors (Lipinski definition) is 4. The zero-order valence-electron chi connectivity index (χ0n) is 14.2. The molecule has 1 aliphatic rings. The molecule has 1 saturated heterocycles. The Balaban J connectivity index is 0.00000264. The van der Waals surface area contributed by atoms with Crippen LogP contribution in [0.15, 0.2) is 29.2 Å². The lowest BCUT2D eigenvalue weighted by molar-refractivity contribution is 0.176. The van der Waals surface area contributed by atoms with Crippen LogP contribution < -0.4 is 5.32 Å². The predicted octanol–water partition coefficient (Wildman–Crippen LogP) is 1.79. The van der Waals surface area contributed by atoms with Crippen molar-refractivity contribution in [2.24, 2.45) is 5.92 Å². The quantitative estimate of drug-likeness (QED) is 0.839. The highest BCUT2D eigenvalue weighted by Gasteiger charge is 2.20. The van der Waals surface area contributed by atoms with E-state index in [1.54, 1.807) is 26.2 Å². The average molecular weight is 362 g/mol. The third-order valence-electron chi connectivity index (χ3n) is 4.28. The summed E-state index contributed by atoms with van der Waals surface area (Å²) in [5.41, 5.74) is 1.06. The van der Waals surface area contributed by atoms with E-state index in [-0.39, 0.29) is 12.4 Å². The second-order valence-corrected chi connectivity index (χ2v) is 8.36. The van der Waals surface area contributed by atoms with E-state index in [2.05, 4.69) is 10.2 Å². The monoisotopic (exact) mass is 361 g/mol. The van der Waals surface area contributed by atoms with Gasteiger partial charge in [-0.2, -0.15) is 0 Å². The molecule has 0 spiro atoms. The fourth-order valence-electron chi connectivity index (χ4n) is 2.91. The molecule has 1 aromatic rings. The first-order valence-corrected chi connectivity index (χ1v) is 9.26. The molecule has 132 valence electrons. The van der Waals surface area contributed by atoms with E-state index < -0.39 is 10.0 Å². The minimum atomic E-state index is -3.35. The molecule has 2 rings (SSSR count). The summed E-state index contributed by atoms with van der Waals surface area (Å²) < 4.78 is 25.7. The molecule has 0 aliphatic carbocycles. The van der Waals surface area contributed by atoms with E-state index >= 15 is 0 Å². The van der Waals surface area contributed by atoms with Gasteiger partial charge in [0.2, 0.25) is 10.0 Å². The van der Waals surface area contributed by atoms with Crippen LogP contribution >= 0.6 is 12.4 Å². The molecule has 0 unspecified atom stereocenters. The third-order valence-corrected chi connectivity index (χ3v) is 6.09. The van der Waals surface area contributed by atoms with E-state index in [9.17, 15) is 8.42 Å². The van der Waals surface area contributed by atoms with Gasteiger partial charge >= 0.3 is 0 Å². The number of likely N-dealkylation sites (tertiary alicyclic amines) is 1. The van der Waals surface area contributed by atoms with Crippen LogP contribution in [0.2, 0.25) is 0 Å². The molecule has 1 aromatic carbocycles. The van der Waals surface area contributed by atoms with Crippen LogP contribution in [0.3, 0.4) is 0 Å². The Morgan fingerprint density at radius 3 is 2.48 bits per heavy atom. The summed E-state index contributed by atoms with van der Waals surface area (Å²) in [5, 5.41) is 3.25. The average Bonchev–Trinajstić information content (AvgIpc) is 2.50. The minimum Gasteiger partial charge on any atom is -0.319 e. The lowest BCUT2D eigenvalue weighted by Gasteiger charge is -2.32. The number of rotatable bonds is 6. The number of piperidine rings is 1. The highest BCUT2D eigenvalue weighted by atomic mass is 35.5. The maximum Gasteiger partial charge on any atom is 0.242 e. The fraction of sp³-hybridized carbons (Fsp3) is 0.625. The van der Waals surface area contributed by atoms with Crippen LogP contribution in [0.5, 0.6) is 0 Å². The molecule has 0 bridgehead atoms. The van der Waals surface area contributed by atoms with E-state index in [4.69, 9.17) is 0 Å². The van der Waals surface area contributed by atoms with Crippen molar-refractivity contribution in [2.75, 3.05) is 40.8 Å². The van der Waals surface area contributed by atoms with Gasteiger partial charge in [0, 0.05) is 20.6 Å². The zero-order valence-corrected chi connectivity index (χ0v) is 15.8. The summed E-state index contributed by atoms with van der Waals surface area (Å²) in [5.74, 6) is 0.765. The zero-order chi connectivity index (χ0) is 16.2. The van der Waals surface area contributed by atoms with Crippen molar-refractivity contribution in [1.82, 2.24) is 14.5 Å². The van der Waals surface area contributed by atoms with Crippen molar-refractivity contribution in [2.45, 2.75) is 24.3 Å². The Morgan fingerprint density at radius 2 is 1.91 bits per heavy atom. The fourth-order valence-corrected chi connectivity index (χ4v) is 3.88. The molecule has 1 heterocycles. The van der Waals surface area contributed by atoms with Gasteiger partial charge in [0.1, 0.15) is 0 Å². The second kappa shape index (κ2) is 8.99. The Bertz CT molecular complexity index is 585. The van der Waals surface area contributed by atoms with Gasteiger partial charge in [0.15, 0.2) is 0 Å². The second-order valence-electron chi connectivity index (χ2n) is 6.21. The van der Waals surface area contributed by atoms with E-state index in [0.29, 0.717) is 4.90 Å². The molecule has 5 nitrogen and oxygen atoms in total. The largest absolute Gasteiger partial charge is 0.319 e. The molecular weight excluding hydrogens is 334 g/mol. The molecule has 0 aromatic heterocycles. The summed E-state index contributed by atoms with van der Waals surface area (Å²) in [6.07, 6.45) is 2.41. The van der Waals surface area contributed by atoms with Crippen molar-refractivity contribution in [1.29, 1.82) is 0 Å². The van der Waals surface area contributed by atoms with Crippen molar-refractivity contribution in [3.05, 3.63) is 29.8 Å². The van der Waals surface area contributed by atoms with Crippen LogP contribution in [-0.4, -0.2) is 58.4 Å². The van der Waals surface area contributed by atoms with Crippen LogP contribution in [0, 0.1) is 5.92 Å². The molecule has 1 N–H and O–H groups in total. The van der Waals surface area contributed by atoms with E-state index in [1.807, 2.05) is 19.2 Å². The van der Waals surface area contributed by atoms with Crippen LogP contribution in [0.4, 0.5) is 0 Å². The first-order chi connectivity index (χ1) is 10.4. The lowest BCUT2D eigenvalue weighted by atomic mass is 9.96. The molecule has 1 aliphatic heterocycles. The van der Waals surface area contributed by atoms with Gasteiger partial charge in [0.05, 0.1) is 4.90 Å². The number of halogens is 1. The summed E-state index contributed by atoms with van der Waals surface area (Å²) >= 11 is 0. The normalized spacial score (nSPS) is 17.2. The van der Waals surface area contributed by atoms with Crippen molar-refractivity contribution < 1.29 is 8.42 Å². The number of sulfonamides is 1. The van der Waals surface area contributed by atoms with Gasteiger partial charge < -0.3 is 5.32 Å². The summed E-state index contributed by atoms with van der Waals surface area (Å²) in [6.45, 7) is 4.07. The standard InChI is InChI=1S/C16H27N3O2S.ClH/c1-17-12-14-7-9-19(10-8-14)13-15-5-4-6-16(11-15)22(20,21)18(2)3;/h4-6,11,14,17H,7-10,12-13H2,1-3H3;1H. The Hall–Kier alpha value is -0.660. The first kappa shape index (κ1) is 20.4. The molecule has 0 radical (unpaired) electrons. The number of nitrogens with one attached hydrogen (secondary N) is 1. The van der Waals surface area contributed by atoms with Crippen molar-refractivity contribution in [3.8, 4) is 0 Å². The lowest BCUT2D eigenvalue weighted by Crippen LogP contribution is -2.36. The van der Waals surface area contributed by atoms with E-state index in [0.717, 1.165) is 37.7 Å². The van der Waals surface area contributed by atoms with Gasteiger partial charge in [-0.3, -0.25) is 4.90 Å². The van der Waals surface area contributed by atoms with Crippen LogP contribution in [0.1, 0.15) is 18.4 Å². The van der Waals surface area contributed by atoms with Crippen molar-refractivity contribution in [3.63, 3.8) is 0 Å². The number of nitrogens with zero attached hydrogens (tertiary/aromatic N) is 2. The maximum atomic E-state index is 12.2. The Kier molecular flexibility index (Phi) is 7.97. The topological polar surface area (TPSA) is 52.7 Å². The number of hydrogen-bond donors (Lipinski definition) is 1. The summed E-state index contributed by atoms with van der Waals surface area (Å²) in [6, 6.07) is 7.31. The van der Waals surface area contributed by atoms with Gasteiger partial charge in [-0.15, -0.1) is 12.4 Å². The highest BCUT2D eigenvalue weighted by molar-refractivity contribution is 7.89. The molecule has 1 fully saturated rings. The SMILES string of the molecule is CNCC1CCN(Cc2cccc(S(=O)(=O)N(C)C)c2)CC1.Cl. The minimum absolute atomic E-state index is 0. The summed E-state index contributed by atoms with van der Waals surface area (Å²) in [7, 11) is 1.78. The molecule has 23 heavy (non-hydrogen) atoms. The number of benzene rings is 1. The first-order valence-electron chi connectivity index (χ1n) is 7.82. The summed E-state index contributed by atoms with van der Waals surface area (Å²) in [4.78, 5) is 2.79. The molecule has 0 atom stereocenters. The maximum absolute atomic E-state index is 12.2. The van der Waals surface area contributed by atoms with Crippen molar-refractivity contribution >= 4 is 22.4 Å². The van der Waals surface area contributed by atoms with E-state index in [1.165, 1.54) is 17.1 Å². The Labute approximate surface area is 146 Å². The smallest absolute Gasteiger partial charge is 0.242 e. The van der Waals surface area contributed by atoms with Gasteiger partial charge in [-0.05, 0) is 63.1 Å². The molecule has 0 saturated carbocycles. The third kappa shape index (κ3) is 5.43. The van der Waals surface area contributed by atoms with Crippen LogP contribution in [0.25, 0.3) is 0 Å². The molecular formula is C16H28ClN3O2S. The van der Waals surface area contributed by atoms with Gasteiger partial charge in [0.25, 0.3) is 0 Å². The molecule has 7 heteroatoms. The highest BCUT2D eigenvalue weighted by Crippen LogP contribution is 2.20. The van der Waals surface area contributed by atoms with Crippen LogP contribution in [-0.2, 0) is 16.6 Å². The molecule has 0 amide bonds. The Morgan fingerprint density at radius 1 is 1.26 bits per heavy atom.